The number of imide groups is 1. The Labute approximate surface area is 115 Å². The molecule has 6 heteroatoms. The Kier molecular flexibility index (Phi) is 6.80. The quantitative estimate of drug-likeness (QED) is 0.669. The lowest BCUT2D eigenvalue weighted by molar-refractivity contribution is -0.120. The minimum Gasteiger partial charge on any atom is -0.341 e. The topological polar surface area (TPSA) is 87.5 Å². The predicted molar refractivity (Wildman–Crippen MR) is 74.6 cm³/mol. The van der Waals surface area contributed by atoms with Gasteiger partial charge in [0.25, 0.3) is 0 Å². The molecule has 0 aromatic carbocycles. The smallest absolute Gasteiger partial charge is 0.321 e. The van der Waals surface area contributed by atoms with Crippen LogP contribution in [0.15, 0.2) is 0 Å². The summed E-state index contributed by atoms with van der Waals surface area (Å²) in [6.45, 7) is 1.36. The van der Waals surface area contributed by atoms with Gasteiger partial charge in [-0.3, -0.25) is 10.1 Å². The van der Waals surface area contributed by atoms with Crippen molar-refractivity contribution in [1.82, 2.24) is 15.5 Å². The summed E-state index contributed by atoms with van der Waals surface area (Å²) < 4.78 is 0. The third kappa shape index (κ3) is 5.16. The molecule has 0 heterocycles. The molecule has 6 nitrogen and oxygen atoms in total. The van der Waals surface area contributed by atoms with Crippen molar-refractivity contribution >= 4 is 11.9 Å². The lowest BCUT2D eigenvalue weighted by atomic mass is 9.83. The highest BCUT2D eigenvalue weighted by Crippen LogP contribution is 2.27. The largest absolute Gasteiger partial charge is 0.341 e. The Morgan fingerprint density at radius 3 is 2.63 bits per heavy atom. The second-order valence-electron chi connectivity index (χ2n) is 5.21. The third-order valence-electron chi connectivity index (χ3n) is 3.91. The lowest BCUT2D eigenvalue weighted by Crippen LogP contribution is -2.45. The van der Waals surface area contributed by atoms with Crippen LogP contribution in [0.3, 0.4) is 0 Å². The van der Waals surface area contributed by atoms with E-state index >= 15 is 0 Å². The molecule has 1 aliphatic rings. The maximum Gasteiger partial charge on any atom is 0.321 e. The predicted octanol–water partition coefficient (Wildman–Crippen LogP) is 0.281. The van der Waals surface area contributed by atoms with Gasteiger partial charge in [0.15, 0.2) is 0 Å². The first-order chi connectivity index (χ1) is 9.08. The van der Waals surface area contributed by atoms with Gasteiger partial charge in [0, 0.05) is 26.1 Å². The highest BCUT2D eigenvalue weighted by molar-refractivity contribution is 5.94. The SMILES string of the molecule is CNC(=O)NC(=O)CCN(C)C1CCCCC1CN. The summed E-state index contributed by atoms with van der Waals surface area (Å²) in [6, 6.07) is 0.0108. The van der Waals surface area contributed by atoms with E-state index < -0.39 is 6.03 Å². The summed E-state index contributed by atoms with van der Waals surface area (Å²) in [5.74, 6) is 0.284. The first-order valence-electron chi connectivity index (χ1n) is 7.00. The number of carbonyl (C=O) groups is 2. The van der Waals surface area contributed by atoms with Crippen molar-refractivity contribution < 1.29 is 9.59 Å². The first-order valence-corrected chi connectivity index (χ1v) is 7.00. The Balaban J connectivity index is 2.35. The van der Waals surface area contributed by atoms with Crippen molar-refractivity contribution in [2.45, 2.75) is 38.1 Å². The Hall–Kier alpha value is -1.14. The Morgan fingerprint density at radius 2 is 2.00 bits per heavy atom. The van der Waals surface area contributed by atoms with Gasteiger partial charge < -0.3 is 16.0 Å². The van der Waals surface area contributed by atoms with E-state index in [-0.39, 0.29) is 5.91 Å². The van der Waals surface area contributed by atoms with Crippen molar-refractivity contribution in [2.75, 3.05) is 27.2 Å². The molecule has 4 N–H and O–H groups in total. The van der Waals surface area contributed by atoms with Crippen LogP contribution in [0, 0.1) is 5.92 Å². The van der Waals surface area contributed by atoms with Crippen LogP contribution >= 0.6 is 0 Å². The molecule has 0 bridgehead atoms. The summed E-state index contributed by atoms with van der Waals surface area (Å²) in [7, 11) is 3.52. The molecule has 0 aromatic rings. The fourth-order valence-corrected chi connectivity index (χ4v) is 2.74. The molecular weight excluding hydrogens is 244 g/mol. The number of nitrogens with one attached hydrogen (secondary N) is 2. The van der Waals surface area contributed by atoms with Crippen LogP contribution < -0.4 is 16.4 Å². The normalized spacial score (nSPS) is 23.2. The Morgan fingerprint density at radius 1 is 1.32 bits per heavy atom. The highest BCUT2D eigenvalue weighted by Gasteiger charge is 2.27. The number of nitrogens with two attached hydrogens (primary N) is 1. The van der Waals surface area contributed by atoms with E-state index in [0.717, 1.165) is 6.42 Å². The van der Waals surface area contributed by atoms with E-state index in [9.17, 15) is 9.59 Å². The van der Waals surface area contributed by atoms with Gasteiger partial charge in [-0.05, 0) is 32.4 Å². The zero-order valence-corrected chi connectivity index (χ0v) is 11.9. The molecule has 1 rings (SSSR count). The van der Waals surface area contributed by atoms with Gasteiger partial charge in [0.05, 0.1) is 0 Å². The van der Waals surface area contributed by atoms with Crippen molar-refractivity contribution in [3.8, 4) is 0 Å². The molecule has 110 valence electrons. The van der Waals surface area contributed by atoms with E-state index in [0.29, 0.717) is 31.5 Å². The van der Waals surface area contributed by atoms with Gasteiger partial charge in [-0.2, -0.15) is 0 Å². The molecule has 1 saturated carbocycles. The van der Waals surface area contributed by atoms with Gasteiger partial charge in [-0.25, -0.2) is 4.79 Å². The lowest BCUT2D eigenvalue weighted by Gasteiger charge is -2.37. The molecule has 2 unspecified atom stereocenters. The van der Waals surface area contributed by atoms with Crippen LogP contribution in [0.5, 0.6) is 0 Å². The van der Waals surface area contributed by atoms with E-state index in [1.54, 1.807) is 0 Å². The van der Waals surface area contributed by atoms with Gasteiger partial charge in [0.2, 0.25) is 5.91 Å². The van der Waals surface area contributed by atoms with Gasteiger partial charge in [-0.15, -0.1) is 0 Å². The van der Waals surface area contributed by atoms with E-state index in [2.05, 4.69) is 15.5 Å². The van der Waals surface area contributed by atoms with E-state index in [1.165, 1.54) is 26.3 Å². The van der Waals surface area contributed by atoms with Crippen LogP contribution in [0.2, 0.25) is 0 Å². The van der Waals surface area contributed by atoms with E-state index in [4.69, 9.17) is 5.73 Å². The molecule has 3 amide bonds. The number of hydrogen-bond donors (Lipinski definition) is 3. The van der Waals surface area contributed by atoms with Crippen LogP contribution in [0.1, 0.15) is 32.1 Å². The summed E-state index contributed by atoms with van der Waals surface area (Å²) in [6.07, 6.45) is 5.14. The summed E-state index contributed by atoms with van der Waals surface area (Å²) >= 11 is 0. The van der Waals surface area contributed by atoms with Crippen LogP contribution in [-0.4, -0.2) is 50.1 Å². The number of urea groups is 1. The van der Waals surface area contributed by atoms with Crippen molar-refractivity contribution in [2.24, 2.45) is 11.7 Å². The van der Waals surface area contributed by atoms with Gasteiger partial charge in [0.1, 0.15) is 0 Å². The molecule has 0 radical (unpaired) electrons. The van der Waals surface area contributed by atoms with Gasteiger partial charge >= 0.3 is 6.03 Å². The second-order valence-corrected chi connectivity index (χ2v) is 5.21. The highest BCUT2D eigenvalue weighted by atomic mass is 16.2. The number of carbonyl (C=O) groups excluding carboxylic acids is 2. The summed E-state index contributed by atoms with van der Waals surface area (Å²) in [4.78, 5) is 24.7. The number of rotatable bonds is 5. The molecular formula is C13H26N4O2. The maximum atomic E-state index is 11.5. The zero-order chi connectivity index (χ0) is 14.3. The summed E-state index contributed by atoms with van der Waals surface area (Å²) in [5.41, 5.74) is 5.81. The first kappa shape index (κ1) is 15.9. The second kappa shape index (κ2) is 8.12. The van der Waals surface area contributed by atoms with Gasteiger partial charge in [-0.1, -0.05) is 12.8 Å². The Bertz CT molecular complexity index is 309. The third-order valence-corrected chi connectivity index (χ3v) is 3.91. The van der Waals surface area contributed by atoms with Crippen molar-refractivity contribution in [1.29, 1.82) is 0 Å². The minimum absolute atomic E-state index is 0.244. The number of nitrogens with zero attached hydrogens (tertiary/aromatic N) is 1. The van der Waals surface area contributed by atoms with Crippen molar-refractivity contribution in [3.05, 3.63) is 0 Å². The average Bonchev–Trinajstić information content (AvgIpc) is 2.44. The molecule has 0 aliphatic heterocycles. The number of amides is 3. The molecule has 0 spiro atoms. The number of hydrogen-bond acceptors (Lipinski definition) is 4. The average molecular weight is 270 g/mol. The zero-order valence-electron chi connectivity index (χ0n) is 11.9. The van der Waals surface area contributed by atoms with E-state index in [1.807, 2.05) is 7.05 Å². The molecule has 2 atom stereocenters. The fraction of sp³-hybridized carbons (Fsp3) is 0.846. The molecule has 1 fully saturated rings. The van der Waals surface area contributed by atoms with Crippen LogP contribution in [0.4, 0.5) is 4.79 Å². The molecule has 1 aliphatic carbocycles. The minimum atomic E-state index is -0.454. The summed E-state index contributed by atoms with van der Waals surface area (Å²) in [5, 5.41) is 4.63. The van der Waals surface area contributed by atoms with Crippen molar-refractivity contribution in [3.63, 3.8) is 0 Å². The molecule has 0 saturated heterocycles. The van der Waals surface area contributed by atoms with Crippen LogP contribution in [-0.2, 0) is 4.79 Å². The monoisotopic (exact) mass is 270 g/mol. The van der Waals surface area contributed by atoms with Crippen LogP contribution in [0.25, 0.3) is 0 Å². The molecule has 0 aromatic heterocycles. The standard InChI is InChI=1S/C13H26N4O2/c1-15-13(19)16-12(18)7-8-17(2)11-6-4-3-5-10(11)9-14/h10-11H,3-9,14H2,1-2H3,(H2,15,16,18,19). The fourth-order valence-electron chi connectivity index (χ4n) is 2.74. The molecule has 19 heavy (non-hydrogen) atoms. The maximum absolute atomic E-state index is 11.5.